The molecule has 0 atom stereocenters. The Bertz CT molecular complexity index is 1390. The van der Waals surface area contributed by atoms with Crippen molar-refractivity contribution in [2.24, 2.45) is 0 Å². The Morgan fingerprint density at radius 2 is 1.68 bits per heavy atom. The van der Waals surface area contributed by atoms with Gasteiger partial charge in [0.2, 0.25) is 0 Å². The average Bonchev–Trinajstić information content (AvgIpc) is 3.61. The average molecular weight is 454 g/mol. The molecule has 5 rings (SSSR count). The molecule has 1 aliphatic rings. The molecule has 4 aromatic rings. The van der Waals surface area contributed by atoms with Crippen molar-refractivity contribution in [3.63, 3.8) is 0 Å². The van der Waals surface area contributed by atoms with E-state index in [-0.39, 0.29) is 5.91 Å². The number of nitrogens with zero attached hydrogens (tertiary/aromatic N) is 1. The number of fused-ring (bicyclic) bond motifs is 1. The highest BCUT2D eigenvalue weighted by Gasteiger charge is 2.31. The summed E-state index contributed by atoms with van der Waals surface area (Å²) in [5.41, 5.74) is 16.0. The lowest BCUT2D eigenvalue weighted by atomic mass is 9.99. The van der Waals surface area contributed by atoms with Gasteiger partial charge in [-0.25, -0.2) is 0 Å². The molecule has 3 N–H and O–H groups in total. The first-order valence-corrected chi connectivity index (χ1v) is 11.8. The summed E-state index contributed by atoms with van der Waals surface area (Å²) >= 11 is 0. The summed E-state index contributed by atoms with van der Waals surface area (Å²) in [5.74, 6) is 0.963. The molecular weight excluding hydrogens is 422 g/mol. The van der Waals surface area contributed by atoms with Gasteiger partial charge in [0, 0.05) is 48.2 Å². The molecule has 5 heteroatoms. The molecule has 0 spiro atoms. The predicted octanol–water partition coefficient (Wildman–Crippen LogP) is 6.61. The van der Waals surface area contributed by atoms with Crippen LogP contribution < -0.4 is 16.0 Å². The van der Waals surface area contributed by atoms with E-state index in [0.29, 0.717) is 22.8 Å². The molecule has 3 aromatic carbocycles. The molecule has 34 heavy (non-hydrogen) atoms. The maximum Gasteiger partial charge on any atom is 0.255 e. The third kappa shape index (κ3) is 3.71. The van der Waals surface area contributed by atoms with E-state index in [1.807, 2.05) is 45.0 Å². The van der Waals surface area contributed by atoms with Crippen LogP contribution in [0.25, 0.3) is 22.3 Å². The smallest absolute Gasteiger partial charge is 0.255 e. The minimum atomic E-state index is -0.137. The van der Waals surface area contributed by atoms with Crippen molar-refractivity contribution in [3.8, 4) is 11.3 Å². The van der Waals surface area contributed by atoms with Gasteiger partial charge in [-0.15, -0.1) is 0 Å². The molecule has 174 valence electrons. The molecule has 1 fully saturated rings. The highest BCUT2D eigenvalue weighted by atomic mass is 16.3. The van der Waals surface area contributed by atoms with E-state index in [4.69, 9.17) is 10.2 Å². The number of benzene rings is 3. The molecule has 0 unspecified atom stereocenters. The normalized spacial score (nSPS) is 13.3. The largest absolute Gasteiger partial charge is 0.455 e. The van der Waals surface area contributed by atoms with E-state index in [1.54, 1.807) is 7.05 Å². The lowest BCUT2D eigenvalue weighted by molar-refractivity contribution is 0.0964. The molecule has 1 amide bonds. The van der Waals surface area contributed by atoms with Gasteiger partial charge in [-0.05, 0) is 74.4 Å². The molecule has 0 radical (unpaired) electrons. The summed E-state index contributed by atoms with van der Waals surface area (Å²) in [7, 11) is 3.75. The molecular formula is C29H31N3O2. The van der Waals surface area contributed by atoms with E-state index >= 15 is 0 Å². The van der Waals surface area contributed by atoms with Gasteiger partial charge in [-0.3, -0.25) is 4.79 Å². The minimum Gasteiger partial charge on any atom is -0.455 e. The number of carbonyl (C=O) groups excluding carboxylic acids is 1. The van der Waals surface area contributed by atoms with Crippen LogP contribution in [0.5, 0.6) is 0 Å². The zero-order chi connectivity index (χ0) is 24.1. The number of nitrogens with two attached hydrogens (primary N) is 1. The van der Waals surface area contributed by atoms with E-state index in [0.717, 1.165) is 57.5 Å². The summed E-state index contributed by atoms with van der Waals surface area (Å²) in [6, 6.07) is 16.6. The number of aryl methyl sites for hydroxylation is 3. The number of rotatable bonds is 5. The van der Waals surface area contributed by atoms with Gasteiger partial charge in [0.25, 0.3) is 5.91 Å². The second kappa shape index (κ2) is 8.24. The van der Waals surface area contributed by atoms with Crippen molar-refractivity contribution < 1.29 is 9.21 Å². The van der Waals surface area contributed by atoms with Crippen molar-refractivity contribution in [2.45, 2.75) is 39.5 Å². The Morgan fingerprint density at radius 3 is 2.26 bits per heavy atom. The van der Waals surface area contributed by atoms with Crippen molar-refractivity contribution in [1.82, 2.24) is 5.32 Å². The number of anilines is 3. The summed E-state index contributed by atoms with van der Waals surface area (Å²) in [5, 5.41) is 3.66. The number of furan rings is 1. The van der Waals surface area contributed by atoms with Crippen LogP contribution in [0, 0.1) is 20.8 Å². The fraction of sp³-hybridized carbons (Fsp3) is 0.276. The standard InChI is InChI=1S/C29H31N3O2/c1-16-6-8-20(9-7-16)28-26(29(33)31-4)23-14-22(19-10-11-19)24(15-25(23)34-28)32(5)21-12-17(2)27(30)18(3)13-21/h6-9,12-15,19H,10-11,30H2,1-5H3,(H,31,33). The van der Waals surface area contributed by atoms with Crippen LogP contribution >= 0.6 is 0 Å². The zero-order valence-electron chi connectivity index (χ0n) is 20.5. The molecule has 0 saturated heterocycles. The van der Waals surface area contributed by atoms with Crippen LogP contribution in [0.3, 0.4) is 0 Å². The monoisotopic (exact) mass is 453 g/mol. The van der Waals surface area contributed by atoms with E-state index in [1.165, 1.54) is 5.56 Å². The maximum absolute atomic E-state index is 13.0. The Hall–Kier alpha value is -3.73. The molecule has 1 heterocycles. The Kier molecular flexibility index (Phi) is 5.35. The van der Waals surface area contributed by atoms with E-state index < -0.39 is 0 Å². The van der Waals surface area contributed by atoms with Gasteiger partial charge >= 0.3 is 0 Å². The molecule has 1 aromatic heterocycles. The fourth-order valence-electron chi connectivity index (χ4n) is 4.70. The molecule has 0 aliphatic heterocycles. The predicted molar refractivity (Wildman–Crippen MR) is 140 cm³/mol. The van der Waals surface area contributed by atoms with Crippen LogP contribution in [-0.2, 0) is 0 Å². The third-order valence-electron chi connectivity index (χ3n) is 6.95. The van der Waals surface area contributed by atoms with Gasteiger partial charge < -0.3 is 20.4 Å². The molecule has 1 aliphatic carbocycles. The van der Waals surface area contributed by atoms with Crippen LogP contribution in [0.1, 0.15) is 51.4 Å². The van der Waals surface area contributed by atoms with Gasteiger partial charge in [0.05, 0.1) is 5.56 Å². The number of nitrogen functional groups attached to an aromatic ring is 1. The van der Waals surface area contributed by atoms with Crippen molar-refractivity contribution in [1.29, 1.82) is 0 Å². The Labute approximate surface area is 200 Å². The lowest BCUT2D eigenvalue weighted by Crippen LogP contribution is -2.18. The Morgan fingerprint density at radius 1 is 1.03 bits per heavy atom. The first kappa shape index (κ1) is 22.1. The van der Waals surface area contributed by atoms with Crippen LogP contribution in [-0.4, -0.2) is 20.0 Å². The highest BCUT2D eigenvalue weighted by Crippen LogP contribution is 2.48. The third-order valence-corrected chi connectivity index (χ3v) is 6.95. The van der Waals surface area contributed by atoms with Crippen LogP contribution in [0.4, 0.5) is 17.1 Å². The first-order chi connectivity index (χ1) is 16.3. The fourth-order valence-corrected chi connectivity index (χ4v) is 4.70. The summed E-state index contributed by atoms with van der Waals surface area (Å²) in [6.45, 7) is 6.13. The zero-order valence-corrected chi connectivity index (χ0v) is 20.5. The topological polar surface area (TPSA) is 71.5 Å². The number of carbonyl (C=O) groups is 1. The van der Waals surface area contributed by atoms with Crippen LogP contribution in [0.2, 0.25) is 0 Å². The minimum absolute atomic E-state index is 0.137. The molecule has 5 nitrogen and oxygen atoms in total. The van der Waals surface area contributed by atoms with Crippen molar-refractivity contribution in [3.05, 3.63) is 76.3 Å². The van der Waals surface area contributed by atoms with Crippen molar-refractivity contribution >= 4 is 33.9 Å². The first-order valence-electron chi connectivity index (χ1n) is 11.8. The number of hydrogen-bond donors (Lipinski definition) is 2. The van der Waals surface area contributed by atoms with Gasteiger partial charge in [0.15, 0.2) is 0 Å². The second-order valence-corrected chi connectivity index (χ2v) is 9.49. The van der Waals surface area contributed by atoms with Crippen LogP contribution in [0.15, 0.2) is 52.9 Å². The highest BCUT2D eigenvalue weighted by molar-refractivity contribution is 6.12. The SMILES string of the molecule is CNC(=O)c1c(-c2ccc(C)cc2)oc2cc(N(C)c3cc(C)c(N)c(C)c3)c(C3CC3)cc12. The van der Waals surface area contributed by atoms with Gasteiger partial charge in [-0.2, -0.15) is 0 Å². The van der Waals surface area contributed by atoms with Gasteiger partial charge in [0.1, 0.15) is 11.3 Å². The second-order valence-electron chi connectivity index (χ2n) is 9.49. The van der Waals surface area contributed by atoms with E-state index in [2.05, 4.69) is 41.5 Å². The summed E-state index contributed by atoms with van der Waals surface area (Å²) in [6.07, 6.45) is 2.31. The number of nitrogens with one attached hydrogen (secondary N) is 1. The van der Waals surface area contributed by atoms with E-state index in [9.17, 15) is 4.79 Å². The Balaban J connectivity index is 1.72. The number of hydrogen-bond acceptors (Lipinski definition) is 4. The lowest BCUT2D eigenvalue weighted by Gasteiger charge is -2.24. The quantitative estimate of drug-likeness (QED) is 0.333. The number of amides is 1. The van der Waals surface area contributed by atoms with Crippen molar-refractivity contribution in [2.75, 3.05) is 24.7 Å². The molecule has 1 saturated carbocycles. The summed E-state index contributed by atoms with van der Waals surface area (Å²) in [4.78, 5) is 15.2. The van der Waals surface area contributed by atoms with Gasteiger partial charge in [-0.1, -0.05) is 29.8 Å². The maximum atomic E-state index is 13.0. The summed E-state index contributed by atoms with van der Waals surface area (Å²) < 4.78 is 6.39. The molecule has 0 bridgehead atoms.